The van der Waals surface area contributed by atoms with E-state index in [2.05, 4.69) is 234 Å². The van der Waals surface area contributed by atoms with Gasteiger partial charge in [0, 0.05) is 27.1 Å². The summed E-state index contributed by atoms with van der Waals surface area (Å²) in [6.07, 6.45) is 0. The molecule has 0 aliphatic rings. The van der Waals surface area contributed by atoms with Gasteiger partial charge in [0.25, 0.3) is 0 Å². The van der Waals surface area contributed by atoms with Gasteiger partial charge in [-0.15, -0.1) is 0 Å². The Balaban J connectivity index is 1.09. The minimum absolute atomic E-state index is 0.553. The molecule has 0 N–H and O–H groups in total. The molecule has 62 heavy (non-hydrogen) atoms. The number of hydrogen-bond donors (Lipinski definition) is 0. The fourth-order valence-corrected chi connectivity index (χ4v) is 9.13. The van der Waals surface area contributed by atoms with E-state index in [1.807, 2.05) is 0 Å². The predicted molar refractivity (Wildman–Crippen MR) is 256 cm³/mol. The van der Waals surface area contributed by atoms with Crippen LogP contribution in [-0.2, 0) is 0 Å². The van der Waals surface area contributed by atoms with Crippen LogP contribution in [0.4, 0.5) is 0 Å². The van der Waals surface area contributed by atoms with E-state index < -0.39 is 0 Å². The molecule has 9 aromatic carbocycles. The summed E-state index contributed by atoms with van der Waals surface area (Å²) in [5, 5.41) is 4.58. The topological polar surface area (TPSA) is 48.5 Å². The van der Waals surface area contributed by atoms with Crippen LogP contribution in [0.15, 0.2) is 224 Å². The maximum atomic E-state index is 5.41. The molecule has 0 amide bonds. The van der Waals surface area contributed by atoms with E-state index in [1.165, 1.54) is 16.7 Å². The molecule has 0 saturated heterocycles. The first-order valence-electron chi connectivity index (χ1n) is 20.9. The van der Waals surface area contributed by atoms with Gasteiger partial charge in [-0.1, -0.05) is 182 Å². The molecule has 12 aromatic rings. The first kappa shape index (κ1) is 35.5. The molecule has 0 radical (unpaired) electrons. The lowest BCUT2D eigenvalue weighted by molar-refractivity contribution is 0.893. The molecule has 12 rings (SSSR count). The van der Waals surface area contributed by atoms with Crippen molar-refractivity contribution in [3.63, 3.8) is 0 Å². The second kappa shape index (κ2) is 14.7. The summed E-state index contributed by atoms with van der Waals surface area (Å²) in [5.41, 5.74) is 14.2. The molecule has 5 heteroatoms. The zero-order valence-electron chi connectivity index (χ0n) is 33.6. The molecule has 0 aliphatic carbocycles. The Morgan fingerprint density at radius 1 is 0.242 bits per heavy atom. The molecule has 5 nitrogen and oxygen atoms in total. The molecule has 0 atom stereocenters. The van der Waals surface area contributed by atoms with Gasteiger partial charge >= 0.3 is 0 Å². The highest BCUT2D eigenvalue weighted by atomic mass is 15.3. The Morgan fingerprint density at radius 3 is 1.02 bits per heavy atom. The Bertz CT molecular complexity index is 3380. The fraction of sp³-hybridized carbons (Fsp3) is 0. The molecule has 290 valence electrons. The van der Waals surface area contributed by atoms with Gasteiger partial charge in [-0.25, -0.2) is 0 Å². The Labute approximate surface area is 358 Å². The van der Waals surface area contributed by atoms with Crippen molar-refractivity contribution in [3.8, 4) is 67.8 Å². The first-order valence-corrected chi connectivity index (χ1v) is 20.9. The molecular formula is C57H37N5. The number of rotatable bonds is 7. The second-order valence-electron chi connectivity index (χ2n) is 15.7. The highest BCUT2D eigenvalue weighted by molar-refractivity contribution is 6.10. The summed E-state index contributed by atoms with van der Waals surface area (Å²) in [7, 11) is 0. The van der Waals surface area contributed by atoms with Gasteiger partial charge in [-0.3, -0.25) is 9.13 Å². The maximum absolute atomic E-state index is 5.41. The van der Waals surface area contributed by atoms with E-state index in [1.54, 1.807) is 0 Å². The first-order chi connectivity index (χ1) is 30.7. The lowest BCUT2D eigenvalue weighted by atomic mass is 9.92. The van der Waals surface area contributed by atoms with E-state index in [9.17, 15) is 0 Å². The van der Waals surface area contributed by atoms with Crippen molar-refractivity contribution in [2.75, 3.05) is 0 Å². The summed E-state index contributed by atoms with van der Waals surface area (Å²) in [4.78, 5) is 16.2. The van der Waals surface area contributed by atoms with Crippen molar-refractivity contribution in [2.45, 2.75) is 0 Å². The third kappa shape index (κ3) is 5.98. The average molecular weight is 792 g/mol. The summed E-state index contributed by atoms with van der Waals surface area (Å²) in [6.45, 7) is 0. The standard InChI is InChI=1S/C57H37N5/c1-3-17-38(18-4-1)42-35-43(39-31-33-41(34-32-39)46-22-8-7-21-45(46)40-19-5-2-6-20-40)37-44(36-42)55-58-56(61-51-27-13-9-23-47(51)48-24-10-14-28-52(48)61)60-57(59-55)62-53-29-15-11-25-49(53)50-26-12-16-30-54(50)62/h1-37H. The van der Waals surface area contributed by atoms with E-state index in [0.29, 0.717) is 17.7 Å². The number of aromatic nitrogens is 5. The van der Waals surface area contributed by atoms with E-state index in [-0.39, 0.29) is 0 Å². The minimum Gasteiger partial charge on any atom is -0.278 e. The summed E-state index contributed by atoms with van der Waals surface area (Å²) >= 11 is 0. The molecule has 0 spiro atoms. The highest BCUT2D eigenvalue weighted by Gasteiger charge is 2.21. The van der Waals surface area contributed by atoms with Gasteiger partial charge in [0.2, 0.25) is 11.9 Å². The van der Waals surface area contributed by atoms with E-state index in [4.69, 9.17) is 15.0 Å². The van der Waals surface area contributed by atoms with Crippen molar-refractivity contribution in [1.82, 2.24) is 24.1 Å². The number of nitrogens with zero attached hydrogens (tertiary/aromatic N) is 5. The summed E-state index contributed by atoms with van der Waals surface area (Å²) in [6, 6.07) is 79.3. The van der Waals surface area contributed by atoms with Crippen LogP contribution in [0, 0.1) is 0 Å². The zero-order valence-corrected chi connectivity index (χ0v) is 33.6. The van der Waals surface area contributed by atoms with Crippen LogP contribution in [0.25, 0.3) is 111 Å². The predicted octanol–water partition coefficient (Wildman–Crippen LogP) is 14.4. The summed E-state index contributed by atoms with van der Waals surface area (Å²) < 4.78 is 4.36. The second-order valence-corrected chi connectivity index (χ2v) is 15.7. The van der Waals surface area contributed by atoms with Gasteiger partial charge < -0.3 is 0 Å². The number of fused-ring (bicyclic) bond motifs is 6. The number of hydrogen-bond acceptors (Lipinski definition) is 3. The molecule has 0 aliphatic heterocycles. The third-order valence-electron chi connectivity index (χ3n) is 12.0. The van der Waals surface area contributed by atoms with Crippen molar-refractivity contribution in [3.05, 3.63) is 224 Å². The molecule has 0 saturated carbocycles. The number of benzene rings is 9. The van der Waals surface area contributed by atoms with Crippen LogP contribution in [-0.4, -0.2) is 24.1 Å². The van der Waals surface area contributed by atoms with Gasteiger partial charge in [-0.05, 0) is 87.0 Å². The van der Waals surface area contributed by atoms with Gasteiger partial charge in [0.1, 0.15) is 0 Å². The molecule has 0 unspecified atom stereocenters. The molecule has 3 heterocycles. The van der Waals surface area contributed by atoms with Crippen LogP contribution in [0.1, 0.15) is 0 Å². The molecule has 3 aromatic heterocycles. The Kier molecular flexibility index (Phi) is 8.42. The SMILES string of the molecule is c1ccc(-c2cc(-c3ccc(-c4ccccc4-c4ccccc4)cc3)cc(-c3nc(-n4c5ccccc5c5ccccc54)nc(-n4c5ccccc5c5ccccc54)n3)c2)cc1. The quantitative estimate of drug-likeness (QED) is 0.162. The Hall–Kier alpha value is -8.41. The molecular weight excluding hydrogens is 755 g/mol. The van der Waals surface area contributed by atoms with Gasteiger partial charge in [0.15, 0.2) is 5.82 Å². The van der Waals surface area contributed by atoms with Crippen LogP contribution < -0.4 is 0 Å². The van der Waals surface area contributed by atoms with Crippen molar-refractivity contribution >= 4 is 43.6 Å². The smallest absolute Gasteiger partial charge is 0.240 e. The molecule has 0 fully saturated rings. The maximum Gasteiger partial charge on any atom is 0.240 e. The van der Waals surface area contributed by atoms with Crippen molar-refractivity contribution in [1.29, 1.82) is 0 Å². The summed E-state index contributed by atoms with van der Waals surface area (Å²) in [5.74, 6) is 1.69. The molecule has 0 bridgehead atoms. The van der Waals surface area contributed by atoms with Crippen LogP contribution in [0.5, 0.6) is 0 Å². The lowest BCUT2D eigenvalue weighted by Crippen LogP contribution is -2.10. The lowest BCUT2D eigenvalue weighted by Gasteiger charge is -2.15. The zero-order chi connectivity index (χ0) is 41.0. The van der Waals surface area contributed by atoms with Crippen LogP contribution in [0.2, 0.25) is 0 Å². The van der Waals surface area contributed by atoms with Crippen molar-refractivity contribution < 1.29 is 0 Å². The largest absolute Gasteiger partial charge is 0.278 e. The monoisotopic (exact) mass is 791 g/mol. The van der Waals surface area contributed by atoms with Crippen LogP contribution >= 0.6 is 0 Å². The van der Waals surface area contributed by atoms with Crippen molar-refractivity contribution in [2.24, 2.45) is 0 Å². The van der Waals surface area contributed by atoms with Crippen LogP contribution in [0.3, 0.4) is 0 Å². The Morgan fingerprint density at radius 2 is 0.565 bits per heavy atom. The third-order valence-corrected chi connectivity index (χ3v) is 12.0. The van der Waals surface area contributed by atoms with E-state index in [0.717, 1.165) is 77.0 Å². The minimum atomic E-state index is 0.553. The van der Waals surface area contributed by atoms with Gasteiger partial charge in [-0.2, -0.15) is 15.0 Å². The fourth-order valence-electron chi connectivity index (χ4n) is 9.13. The average Bonchev–Trinajstić information content (AvgIpc) is 3.87. The number of para-hydroxylation sites is 4. The van der Waals surface area contributed by atoms with Gasteiger partial charge in [0.05, 0.1) is 22.1 Å². The normalized spacial score (nSPS) is 11.5. The van der Waals surface area contributed by atoms with E-state index >= 15 is 0 Å². The highest BCUT2D eigenvalue weighted by Crippen LogP contribution is 2.38.